The van der Waals surface area contributed by atoms with Crippen molar-refractivity contribution in [1.29, 1.82) is 0 Å². The van der Waals surface area contributed by atoms with E-state index in [-0.39, 0.29) is 11.9 Å². The van der Waals surface area contributed by atoms with Crippen molar-refractivity contribution >= 4 is 22.6 Å². The van der Waals surface area contributed by atoms with Crippen LogP contribution in [0.1, 0.15) is 19.8 Å². The molecule has 2 N–H and O–H groups in total. The molecule has 0 spiro atoms. The Kier molecular flexibility index (Phi) is 7.08. The molecule has 0 aliphatic rings. The van der Waals surface area contributed by atoms with E-state index >= 15 is 0 Å². The second kappa shape index (κ2) is 9.93. The Balaban J connectivity index is 1.43. The van der Waals surface area contributed by atoms with Crippen LogP contribution in [0.2, 0.25) is 0 Å². The lowest BCUT2D eigenvalue weighted by Crippen LogP contribution is -2.31. The molecule has 0 fully saturated rings. The number of benzene rings is 2. The second-order valence-corrected chi connectivity index (χ2v) is 6.95. The minimum absolute atomic E-state index is 0.0612. The number of hydrogen-bond donors (Lipinski definition) is 2. The number of aryl methyl sites for hydroxylation is 1. The van der Waals surface area contributed by atoms with Crippen LogP contribution in [0.25, 0.3) is 11.0 Å². The van der Waals surface area contributed by atoms with E-state index in [0.717, 1.165) is 30.5 Å². The topological polar surface area (TPSA) is 77.4 Å². The molecular formula is C22H28N4O3. The van der Waals surface area contributed by atoms with E-state index in [1.165, 1.54) is 0 Å². The van der Waals surface area contributed by atoms with E-state index in [1.807, 2.05) is 31.5 Å². The zero-order chi connectivity index (χ0) is 20.6. The summed E-state index contributed by atoms with van der Waals surface area (Å²) in [6.45, 7) is 3.71. The first-order chi connectivity index (χ1) is 14.1. The Labute approximate surface area is 171 Å². The summed E-state index contributed by atoms with van der Waals surface area (Å²) in [5, 5.41) is 6.31. The van der Waals surface area contributed by atoms with Crippen molar-refractivity contribution in [2.75, 3.05) is 26.1 Å². The number of carbonyl (C=O) groups excluding carboxylic acids is 1. The van der Waals surface area contributed by atoms with Crippen molar-refractivity contribution in [2.24, 2.45) is 0 Å². The maximum atomic E-state index is 12.4. The molecule has 0 radical (unpaired) electrons. The molecule has 29 heavy (non-hydrogen) atoms. The zero-order valence-corrected chi connectivity index (χ0v) is 17.1. The van der Waals surface area contributed by atoms with Crippen molar-refractivity contribution in [3.05, 3.63) is 48.8 Å². The third-order valence-corrected chi connectivity index (χ3v) is 4.77. The van der Waals surface area contributed by atoms with Gasteiger partial charge in [-0.2, -0.15) is 0 Å². The second-order valence-electron chi connectivity index (χ2n) is 6.95. The molecule has 0 saturated heterocycles. The van der Waals surface area contributed by atoms with Gasteiger partial charge in [0.15, 0.2) is 0 Å². The molecule has 0 aliphatic heterocycles. The van der Waals surface area contributed by atoms with Crippen molar-refractivity contribution in [2.45, 2.75) is 32.4 Å². The Morgan fingerprint density at radius 3 is 2.79 bits per heavy atom. The number of rotatable bonds is 10. The van der Waals surface area contributed by atoms with Crippen LogP contribution in [-0.4, -0.2) is 42.3 Å². The molecule has 7 heteroatoms. The number of para-hydroxylation sites is 2. The molecule has 0 saturated carbocycles. The molecule has 2 aromatic carbocycles. The molecule has 1 unspecified atom stereocenters. The third-order valence-electron chi connectivity index (χ3n) is 4.77. The molecule has 0 bridgehead atoms. The van der Waals surface area contributed by atoms with Crippen LogP contribution >= 0.6 is 0 Å². The van der Waals surface area contributed by atoms with Crippen LogP contribution in [0.4, 0.5) is 5.69 Å². The van der Waals surface area contributed by atoms with Crippen LogP contribution in [-0.2, 0) is 11.3 Å². The lowest BCUT2D eigenvalue weighted by Gasteiger charge is -2.15. The molecule has 1 amide bonds. The summed E-state index contributed by atoms with van der Waals surface area (Å²) in [7, 11) is 3.16. The molecule has 3 rings (SSSR count). The number of carbonyl (C=O) groups is 1. The molecule has 154 valence electrons. The van der Waals surface area contributed by atoms with Crippen molar-refractivity contribution in [3.63, 3.8) is 0 Å². The molecule has 1 atom stereocenters. The SMILES string of the molecule is COc1ccc(OC)c(NC(=O)CC(C)NCCCn2cnc3ccccc32)c1. The first-order valence-corrected chi connectivity index (χ1v) is 9.76. The zero-order valence-electron chi connectivity index (χ0n) is 17.1. The van der Waals surface area contributed by atoms with Crippen LogP contribution in [0.5, 0.6) is 11.5 Å². The van der Waals surface area contributed by atoms with Crippen LogP contribution in [0.15, 0.2) is 48.8 Å². The first-order valence-electron chi connectivity index (χ1n) is 9.76. The smallest absolute Gasteiger partial charge is 0.226 e. The monoisotopic (exact) mass is 396 g/mol. The van der Waals surface area contributed by atoms with Gasteiger partial charge in [0.1, 0.15) is 11.5 Å². The summed E-state index contributed by atoms with van der Waals surface area (Å²) in [6, 6.07) is 13.5. The number of methoxy groups -OCH3 is 2. The quantitative estimate of drug-likeness (QED) is 0.513. The van der Waals surface area contributed by atoms with E-state index in [2.05, 4.69) is 26.3 Å². The predicted molar refractivity (Wildman–Crippen MR) is 115 cm³/mol. The number of fused-ring (bicyclic) bond motifs is 1. The summed E-state index contributed by atoms with van der Waals surface area (Å²) in [5.41, 5.74) is 2.77. The highest BCUT2D eigenvalue weighted by Gasteiger charge is 2.12. The number of hydrogen-bond acceptors (Lipinski definition) is 5. The summed E-state index contributed by atoms with van der Waals surface area (Å²) < 4.78 is 12.7. The molecule has 1 aromatic heterocycles. The molecule has 7 nitrogen and oxygen atoms in total. The van der Waals surface area contributed by atoms with Gasteiger partial charge in [-0.3, -0.25) is 4.79 Å². The third kappa shape index (κ3) is 5.48. The van der Waals surface area contributed by atoms with E-state index < -0.39 is 0 Å². The summed E-state index contributed by atoms with van der Waals surface area (Å²) in [5.74, 6) is 1.20. The van der Waals surface area contributed by atoms with Gasteiger partial charge in [-0.25, -0.2) is 4.98 Å². The van der Waals surface area contributed by atoms with Gasteiger partial charge in [-0.15, -0.1) is 0 Å². The lowest BCUT2D eigenvalue weighted by molar-refractivity contribution is -0.116. The van der Waals surface area contributed by atoms with Gasteiger partial charge in [-0.05, 0) is 44.2 Å². The molecule has 3 aromatic rings. The molecule has 0 aliphatic carbocycles. The fourth-order valence-corrected chi connectivity index (χ4v) is 3.25. The average molecular weight is 396 g/mol. The van der Waals surface area contributed by atoms with Crippen molar-refractivity contribution in [3.8, 4) is 11.5 Å². The first kappa shape index (κ1) is 20.7. The minimum atomic E-state index is -0.0721. The Bertz CT molecular complexity index is 954. The normalized spacial score (nSPS) is 12.0. The summed E-state index contributed by atoms with van der Waals surface area (Å²) in [6.07, 6.45) is 3.20. The highest BCUT2D eigenvalue weighted by molar-refractivity contribution is 5.92. The van der Waals surface area contributed by atoms with Crippen molar-refractivity contribution < 1.29 is 14.3 Å². The average Bonchev–Trinajstić information content (AvgIpc) is 3.14. The summed E-state index contributed by atoms with van der Waals surface area (Å²) >= 11 is 0. The van der Waals surface area contributed by atoms with E-state index in [0.29, 0.717) is 23.6 Å². The largest absolute Gasteiger partial charge is 0.497 e. The van der Waals surface area contributed by atoms with Gasteiger partial charge in [0.05, 0.1) is 37.3 Å². The Hall–Kier alpha value is -3.06. The van der Waals surface area contributed by atoms with Gasteiger partial charge in [0.25, 0.3) is 0 Å². The highest BCUT2D eigenvalue weighted by Crippen LogP contribution is 2.29. The van der Waals surface area contributed by atoms with Crippen molar-refractivity contribution in [1.82, 2.24) is 14.9 Å². The van der Waals surface area contributed by atoms with Gasteiger partial charge >= 0.3 is 0 Å². The highest BCUT2D eigenvalue weighted by atomic mass is 16.5. The molecule has 1 heterocycles. The predicted octanol–water partition coefficient (Wildman–Crippen LogP) is 3.45. The van der Waals surface area contributed by atoms with Gasteiger partial charge in [0.2, 0.25) is 5.91 Å². The fourth-order valence-electron chi connectivity index (χ4n) is 3.25. The van der Waals surface area contributed by atoms with E-state index in [9.17, 15) is 4.79 Å². The van der Waals surface area contributed by atoms with Gasteiger partial charge in [0, 0.05) is 25.1 Å². The number of anilines is 1. The lowest BCUT2D eigenvalue weighted by atomic mass is 10.2. The van der Waals surface area contributed by atoms with E-state index in [4.69, 9.17) is 9.47 Å². The molecular weight excluding hydrogens is 368 g/mol. The number of amides is 1. The maximum absolute atomic E-state index is 12.4. The summed E-state index contributed by atoms with van der Waals surface area (Å²) in [4.78, 5) is 16.8. The number of nitrogens with zero attached hydrogens (tertiary/aromatic N) is 2. The van der Waals surface area contributed by atoms with Crippen LogP contribution < -0.4 is 20.1 Å². The van der Waals surface area contributed by atoms with Gasteiger partial charge < -0.3 is 24.7 Å². The van der Waals surface area contributed by atoms with Crippen LogP contribution in [0, 0.1) is 0 Å². The van der Waals surface area contributed by atoms with Crippen LogP contribution in [0.3, 0.4) is 0 Å². The Morgan fingerprint density at radius 1 is 1.17 bits per heavy atom. The number of ether oxygens (including phenoxy) is 2. The Morgan fingerprint density at radius 2 is 2.00 bits per heavy atom. The maximum Gasteiger partial charge on any atom is 0.226 e. The number of nitrogens with one attached hydrogen (secondary N) is 2. The number of imidazole rings is 1. The van der Waals surface area contributed by atoms with E-state index in [1.54, 1.807) is 32.4 Å². The number of aromatic nitrogens is 2. The van der Waals surface area contributed by atoms with Gasteiger partial charge in [-0.1, -0.05) is 12.1 Å². The minimum Gasteiger partial charge on any atom is -0.497 e. The standard InChI is InChI=1S/C22H28N4O3/c1-16(13-22(27)25-19-14-17(28-2)9-10-21(19)29-3)23-11-6-12-26-15-24-18-7-4-5-8-20(18)26/h4-5,7-10,14-16,23H,6,11-13H2,1-3H3,(H,25,27). The fraction of sp³-hybridized carbons (Fsp3) is 0.364.